The number of aromatic nitrogens is 3. The van der Waals surface area contributed by atoms with Crippen molar-refractivity contribution in [3.63, 3.8) is 0 Å². The van der Waals surface area contributed by atoms with Gasteiger partial charge in [0.2, 0.25) is 0 Å². The van der Waals surface area contributed by atoms with Crippen LogP contribution in [0.4, 0.5) is 10.9 Å². The molecule has 0 aliphatic rings. The van der Waals surface area contributed by atoms with Crippen molar-refractivity contribution in [1.82, 2.24) is 19.9 Å². The lowest BCUT2D eigenvalue weighted by atomic mass is 10.0. The topological polar surface area (TPSA) is 82.9 Å². The lowest BCUT2D eigenvalue weighted by molar-refractivity contribution is 0.425. The summed E-state index contributed by atoms with van der Waals surface area (Å²) in [6.07, 6.45) is 1.92. The number of nitrogens with zero attached hydrogens (tertiary/aromatic N) is 3. The summed E-state index contributed by atoms with van der Waals surface area (Å²) in [5.41, 5.74) is 9.89. The Bertz CT molecular complexity index is 1030. The number of likely N-dealkylation sites (N-methyl/N-ethyl adjacent to an activating group) is 1. The van der Waals surface area contributed by atoms with E-state index in [4.69, 9.17) is 5.73 Å². The molecular formula is C18H20N6S. The zero-order valence-corrected chi connectivity index (χ0v) is 15.0. The first-order valence-corrected chi connectivity index (χ1v) is 8.95. The highest BCUT2D eigenvalue weighted by atomic mass is 32.1. The maximum atomic E-state index is 5.84. The Balaban J connectivity index is 1.76. The highest BCUT2D eigenvalue weighted by Crippen LogP contribution is 2.33. The first-order chi connectivity index (χ1) is 12.1. The quantitative estimate of drug-likeness (QED) is 0.513. The van der Waals surface area contributed by atoms with Crippen molar-refractivity contribution in [2.75, 3.05) is 38.2 Å². The highest BCUT2D eigenvalue weighted by molar-refractivity contribution is 7.22. The molecule has 3 heterocycles. The summed E-state index contributed by atoms with van der Waals surface area (Å²) in [7, 11) is 4.12. The second-order valence-electron chi connectivity index (χ2n) is 6.26. The van der Waals surface area contributed by atoms with E-state index in [1.165, 1.54) is 11.3 Å². The van der Waals surface area contributed by atoms with Gasteiger partial charge in [0.25, 0.3) is 0 Å². The minimum absolute atomic E-state index is 0.597. The third-order valence-electron chi connectivity index (χ3n) is 4.11. The van der Waals surface area contributed by atoms with Gasteiger partial charge in [-0.15, -0.1) is 0 Å². The van der Waals surface area contributed by atoms with Gasteiger partial charge in [-0.2, -0.15) is 0 Å². The first-order valence-electron chi connectivity index (χ1n) is 8.13. The van der Waals surface area contributed by atoms with Gasteiger partial charge in [0.1, 0.15) is 11.5 Å². The van der Waals surface area contributed by atoms with Gasteiger partial charge in [-0.25, -0.2) is 9.97 Å². The van der Waals surface area contributed by atoms with E-state index in [0.29, 0.717) is 5.13 Å². The molecule has 7 heteroatoms. The summed E-state index contributed by atoms with van der Waals surface area (Å²) in [6.45, 7) is 1.79. The number of nitrogens with one attached hydrogen (secondary N) is 2. The number of hydrogen-bond donors (Lipinski definition) is 3. The fraction of sp³-hybridized carbons (Fsp3) is 0.222. The van der Waals surface area contributed by atoms with E-state index in [0.717, 1.165) is 51.3 Å². The average molecular weight is 352 g/mol. The smallest absolute Gasteiger partial charge is 0.181 e. The summed E-state index contributed by atoms with van der Waals surface area (Å²) in [5, 5.41) is 5.10. The lowest BCUT2D eigenvalue weighted by Gasteiger charge is -2.12. The highest BCUT2D eigenvalue weighted by Gasteiger charge is 2.11. The summed E-state index contributed by atoms with van der Waals surface area (Å²) in [5.74, 6) is 0.865. The fourth-order valence-electron chi connectivity index (χ4n) is 2.89. The third-order valence-corrected chi connectivity index (χ3v) is 4.97. The van der Waals surface area contributed by atoms with Crippen LogP contribution in [0.2, 0.25) is 0 Å². The Hall–Kier alpha value is -2.64. The number of aromatic amines is 1. The van der Waals surface area contributed by atoms with Crippen LogP contribution in [0.25, 0.3) is 32.4 Å². The van der Waals surface area contributed by atoms with Gasteiger partial charge in [0.05, 0.1) is 10.2 Å². The van der Waals surface area contributed by atoms with Crippen LogP contribution < -0.4 is 11.1 Å². The van der Waals surface area contributed by atoms with Crippen LogP contribution >= 0.6 is 11.3 Å². The predicted octanol–water partition coefficient (Wildman–Crippen LogP) is 3.40. The van der Waals surface area contributed by atoms with Gasteiger partial charge >= 0.3 is 0 Å². The summed E-state index contributed by atoms with van der Waals surface area (Å²) in [4.78, 5) is 14.4. The molecule has 0 atom stereocenters. The first kappa shape index (κ1) is 15.9. The van der Waals surface area contributed by atoms with Crippen LogP contribution in [0.5, 0.6) is 0 Å². The molecule has 0 saturated heterocycles. The van der Waals surface area contributed by atoms with E-state index in [1.54, 1.807) is 0 Å². The molecule has 0 aliphatic carbocycles. The molecule has 128 valence electrons. The summed E-state index contributed by atoms with van der Waals surface area (Å²) in [6, 6.07) is 10.4. The number of fused-ring (bicyclic) bond motifs is 2. The number of anilines is 2. The monoisotopic (exact) mass is 352 g/mol. The number of rotatable bonds is 5. The van der Waals surface area contributed by atoms with Gasteiger partial charge < -0.3 is 20.9 Å². The number of nitrogen functional groups attached to an aromatic ring is 1. The van der Waals surface area contributed by atoms with E-state index < -0.39 is 0 Å². The van der Waals surface area contributed by atoms with Crippen LogP contribution in [0, 0.1) is 0 Å². The molecule has 4 aromatic rings. The van der Waals surface area contributed by atoms with Gasteiger partial charge in [0.15, 0.2) is 5.13 Å². The van der Waals surface area contributed by atoms with Gasteiger partial charge in [-0.3, -0.25) is 0 Å². The van der Waals surface area contributed by atoms with E-state index in [2.05, 4.69) is 69.6 Å². The Kier molecular flexibility index (Phi) is 4.03. The number of pyridine rings is 1. The Morgan fingerprint density at radius 1 is 1.20 bits per heavy atom. The van der Waals surface area contributed by atoms with Gasteiger partial charge in [0, 0.05) is 24.7 Å². The van der Waals surface area contributed by atoms with Crippen molar-refractivity contribution in [2.24, 2.45) is 0 Å². The molecule has 1 aromatic carbocycles. The normalized spacial score (nSPS) is 11.6. The molecular weight excluding hydrogens is 332 g/mol. The predicted molar refractivity (Wildman–Crippen MR) is 106 cm³/mol. The van der Waals surface area contributed by atoms with Crippen molar-refractivity contribution < 1.29 is 0 Å². The van der Waals surface area contributed by atoms with Crippen LogP contribution in [0.15, 0.2) is 36.5 Å². The Labute approximate surface area is 149 Å². The maximum Gasteiger partial charge on any atom is 0.181 e. The maximum absolute atomic E-state index is 5.84. The molecule has 0 fully saturated rings. The van der Waals surface area contributed by atoms with E-state index >= 15 is 0 Å². The summed E-state index contributed by atoms with van der Waals surface area (Å²) >= 11 is 1.51. The minimum Gasteiger partial charge on any atom is -0.375 e. The van der Waals surface area contributed by atoms with Crippen LogP contribution in [-0.4, -0.2) is 47.0 Å². The van der Waals surface area contributed by atoms with Crippen LogP contribution in [-0.2, 0) is 0 Å². The van der Waals surface area contributed by atoms with E-state index in [-0.39, 0.29) is 0 Å². The number of nitrogens with two attached hydrogens (primary N) is 1. The number of H-pyrrole nitrogens is 1. The molecule has 0 radical (unpaired) electrons. The van der Waals surface area contributed by atoms with Crippen LogP contribution in [0.3, 0.4) is 0 Å². The molecule has 0 amide bonds. The zero-order chi connectivity index (χ0) is 17.4. The van der Waals surface area contributed by atoms with Gasteiger partial charge in [-0.05, 0) is 49.5 Å². The Morgan fingerprint density at radius 2 is 2.08 bits per heavy atom. The molecule has 0 aliphatic heterocycles. The summed E-state index contributed by atoms with van der Waals surface area (Å²) < 4.78 is 1.10. The van der Waals surface area contributed by atoms with Crippen molar-refractivity contribution in [3.05, 3.63) is 36.5 Å². The SMILES string of the molecule is CN(C)CCNc1cc(-c2ccc3sc(N)nc3c2)c2cc[nH]c2n1. The van der Waals surface area contributed by atoms with Crippen molar-refractivity contribution in [3.8, 4) is 11.1 Å². The fourth-order valence-corrected chi connectivity index (χ4v) is 3.60. The molecule has 0 saturated carbocycles. The molecule has 4 N–H and O–H groups in total. The van der Waals surface area contributed by atoms with Crippen molar-refractivity contribution in [1.29, 1.82) is 0 Å². The van der Waals surface area contributed by atoms with Crippen molar-refractivity contribution in [2.45, 2.75) is 0 Å². The standard InChI is InChI=1S/C18H20N6S/c1-24(2)8-7-20-16-10-13(12-5-6-21-17(12)23-16)11-3-4-15-14(9-11)22-18(19)25-15/h3-6,9-10H,7-8H2,1-2H3,(H2,19,22)(H2,20,21,23). The number of hydrogen-bond acceptors (Lipinski definition) is 6. The lowest BCUT2D eigenvalue weighted by Crippen LogP contribution is -2.21. The van der Waals surface area contributed by atoms with Crippen LogP contribution in [0.1, 0.15) is 0 Å². The molecule has 4 rings (SSSR count). The molecule has 25 heavy (non-hydrogen) atoms. The average Bonchev–Trinajstić information content (AvgIpc) is 3.18. The van der Waals surface area contributed by atoms with Gasteiger partial charge in [-0.1, -0.05) is 17.4 Å². The molecule has 0 bridgehead atoms. The van der Waals surface area contributed by atoms with E-state index in [9.17, 15) is 0 Å². The zero-order valence-electron chi connectivity index (χ0n) is 14.2. The minimum atomic E-state index is 0.597. The molecule has 3 aromatic heterocycles. The largest absolute Gasteiger partial charge is 0.375 e. The molecule has 0 unspecified atom stereocenters. The second kappa shape index (κ2) is 6.34. The second-order valence-corrected chi connectivity index (χ2v) is 7.32. The third kappa shape index (κ3) is 3.16. The number of benzene rings is 1. The Morgan fingerprint density at radius 3 is 2.92 bits per heavy atom. The van der Waals surface area contributed by atoms with E-state index in [1.807, 2.05) is 6.20 Å². The molecule has 0 spiro atoms. The van der Waals surface area contributed by atoms with Crippen molar-refractivity contribution >= 4 is 43.5 Å². The number of thiazole rings is 1. The molecule has 6 nitrogen and oxygen atoms in total.